The van der Waals surface area contributed by atoms with Gasteiger partial charge in [0.05, 0.1) is 16.7 Å². The van der Waals surface area contributed by atoms with Gasteiger partial charge in [0.1, 0.15) is 0 Å². The lowest BCUT2D eigenvalue weighted by Gasteiger charge is -2.05. The molecule has 6 heteroatoms. The van der Waals surface area contributed by atoms with Crippen molar-refractivity contribution in [3.8, 4) is 0 Å². The van der Waals surface area contributed by atoms with Gasteiger partial charge in [-0.15, -0.1) is 23.1 Å². The first-order valence-corrected chi connectivity index (χ1v) is 8.34. The van der Waals surface area contributed by atoms with E-state index in [1.54, 1.807) is 36.0 Å². The van der Waals surface area contributed by atoms with Crippen LogP contribution in [0, 0.1) is 0 Å². The zero-order valence-electron chi connectivity index (χ0n) is 10.6. The predicted molar refractivity (Wildman–Crippen MR) is 86.5 cm³/mol. The zero-order chi connectivity index (χ0) is 14.4. The first-order chi connectivity index (χ1) is 9.67. The molecule has 0 saturated carbocycles. The van der Waals surface area contributed by atoms with Gasteiger partial charge in [-0.05, 0) is 29.8 Å². The Bertz CT molecular complexity index is 569. The molecule has 2 rings (SSSR count). The number of thiophene rings is 1. The smallest absolute Gasteiger partial charge is 0.234 e. The summed E-state index contributed by atoms with van der Waals surface area (Å²) in [5.41, 5.74) is 1.57. The van der Waals surface area contributed by atoms with Gasteiger partial charge in [-0.1, -0.05) is 23.7 Å². The lowest BCUT2D eigenvalue weighted by atomic mass is 10.2. The minimum atomic E-state index is -0.0330. The van der Waals surface area contributed by atoms with Gasteiger partial charge in [-0.3, -0.25) is 4.79 Å². The Kier molecular flexibility index (Phi) is 5.91. The second-order valence-corrected chi connectivity index (χ2v) is 6.89. The molecule has 0 saturated heterocycles. The fourth-order valence-corrected chi connectivity index (χ4v) is 3.59. The number of carbonyl (C=O) groups is 1. The Morgan fingerprint density at radius 3 is 2.60 bits per heavy atom. The van der Waals surface area contributed by atoms with Crippen LogP contribution < -0.4 is 5.32 Å². The van der Waals surface area contributed by atoms with E-state index in [4.69, 9.17) is 16.7 Å². The summed E-state index contributed by atoms with van der Waals surface area (Å²) in [6.45, 7) is 0.00739. The molecule has 1 amide bonds. The third-order valence-corrected chi connectivity index (χ3v) is 4.92. The number of rotatable bonds is 6. The van der Waals surface area contributed by atoms with Crippen molar-refractivity contribution in [1.29, 1.82) is 0 Å². The van der Waals surface area contributed by atoms with E-state index in [9.17, 15) is 4.79 Å². The van der Waals surface area contributed by atoms with Gasteiger partial charge >= 0.3 is 0 Å². The maximum atomic E-state index is 11.8. The molecule has 0 aliphatic carbocycles. The van der Waals surface area contributed by atoms with Crippen molar-refractivity contribution in [1.82, 2.24) is 0 Å². The lowest BCUT2D eigenvalue weighted by molar-refractivity contribution is -0.113. The largest absolute Gasteiger partial charge is 0.392 e. The molecule has 0 atom stereocenters. The number of thioether (sulfide) groups is 1. The molecule has 0 radical (unpaired) electrons. The molecule has 0 bridgehead atoms. The summed E-state index contributed by atoms with van der Waals surface area (Å²) < 4.78 is 0.772. The summed E-state index contributed by atoms with van der Waals surface area (Å²) in [6.07, 6.45) is 0. The summed E-state index contributed by atoms with van der Waals surface area (Å²) in [7, 11) is 0. The molecule has 1 aromatic carbocycles. The fraction of sp³-hybridized carbons (Fsp3) is 0.214. The minimum Gasteiger partial charge on any atom is -0.392 e. The highest BCUT2D eigenvalue weighted by Crippen LogP contribution is 2.25. The maximum absolute atomic E-state index is 11.8. The molecule has 3 nitrogen and oxygen atoms in total. The van der Waals surface area contributed by atoms with Gasteiger partial charge < -0.3 is 10.4 Å². The third-order valence-electron chi connectivity index (χ3n) is 2.53. The molecule has 0 spiro atoms. The normalized spacial score (nSPS) is 10.5. The average molecular weight is 328 g/mol. The Labute approximate surface area is 131 Å². The van der Waals surface area contributed by atoms with E-state index in [1.165, 1.54) is 16.2 Å². The highest BCUT2D eigenvalue weighted by atomic mass is 35.5. The molecule has 0 aliphatic rings. The Hall–Kier alpha value is -1.01. The first kappa shape index (κ1) is 15.4. The summed E-state index contributed by atoms with van der Waals surface area (Å²) in [6, 6.07) is 11.0. The van der Waals surface area contributed by atoms with Crippen LogP contribution >= 0.6 is 34.7 Å². The van der Waals surface area contributed by atoms with Crippen molar-refractivity contribution in [2.24, 2.45) is 0 Å². The first-order valence-electron chi connectivity index (χ1n) is 5.99. The monoisotopic (exact) mass is 327 g/mol. The third kappa shape index (κ3) is 4.83. The van der Waals surface area contributed by atoms with Crippen molar-refractivity contribution in [2.75, 3.05) is 11.1 Å². The van der Waals surface area contributed by atoms with Crippen LogP contribution in [0.3, 0.4) is 0 Å². The molecule has 2 N–H and O–H groups in total. The van der Waals surface area contributed by atoms with Crippen molar-refractivity contribution in [2.45, 2.75) is 12.4 Å². The fourth-order valence-electron chi connectivity index (χ4n) is 1.56. The number of aliphatic hydroxyl groups excluding tert-OH is 1. The van der Waals surface area contributed by atoms with E-state index in [0.29, 0.717) is 5.75 Å². The quantitative estimate of drug-likeness (QED) is 0.849. The van der Waals surface area contributed by atoms with E-state index in [2.05, 4.69) is 5.32 Å². The highest BCUT2D eigenvalue weighted by Gasteiger charge is 2.04. The lowest BCUT2D eigenvalue weighted by Crippen LogP contribution is -2.14. The van der Waals surface area contributed by atoms with Crippen LogP contribution in [-0.4, -0.2) is 16.8 Å². The molecular formula is C14H14ClNO2S2. The average Bonchev–Trinajstić information content (AvgIpc) is 2.85. The summed E-state index contributed by atoms with van der Waals surface area (Å²) >= 11 is 8.94. The molecule has 106 valence electrons. The van der Waals surface area contributed by atoms with E-state index in [-0.39, 0.29) is 12.5 Å². The van der Waals surface area contributed by atoms with Crippen LogP contribution in [-0.2, 0) is 17.2 Å². The number of aliphatic hydroxyl groups is 1. The standard InChI is InChI=1S/C14H14ClNO2S2/c15-13-6-5-12(20-13)8-19-9-14(18)16-11-3-1-10(7-17)2-4-11/h1-6,17H,7-9H2,(H,16,18). The number of hydrogen-bond acceptors (Lipinski definition) is 4. The number of hydrogen-bond donors (Lipinski definition) is 2. The maximum Gasteiger partial charge on any atom is 0.234 e. The predicted octanol–water partition coefficient (Wildman–Crippen LogP) is 3.77. The summed E-state index contributed by atoms with van der Waals surface area (Å²) in [4.78, 5) is 12.9. The summed E-state index contributed by atoms with van der Waals surface area (Å²) in [5.74, 6) is 1.15. The number of benzene rings is 1. The molecule has 0 unspecified atom stereocenters. The van der Waals surface area contributed by atoms with Gasteiger partial charge in [0, 0.05) is 16.3 Å². The molecule has 1 heterocycles. The molecule has 2 aromatic rings. The number of anilines is 1. The Balaban J connectivity index is 1.74. The molecule has 20 heavy (non-hydrogen) atoms. The number of halogens is 1. The molecule has 0 fully saturated rings. The van der Waals surface area contributed by atoms with Gasteiger partial charge in [-0.2, -0.15) is 0 Å². The van der Waals surface area contributed by atoms with Crippen LogP contribution in [0.15, 0.2) is 36.4 Å². The van der Waals surface area contributed by atoms with Crippen molar-refractivity contribution in [3.05, 3.63) is 51.2 Å². The molecule has 0 aliphatic heterocycles. The van der Waals surface area contributed by atoms with Crippen molar-refractivity contribution < 1.29 is 9.90 Å². The van der Waals surface area contributed by atoms with Gasteiger partial charge in [-0.25, -0.2) is 0 Å². The highest BCUT2D eigenvalue weighted by molar-refractivity contribution is 7.99. The number of nitrogens with one attached hydrogen (secondary N) is 1. The topological polar surface area (TPSA) is 49.3 Å². The van der Waals surface area contributed by atoms with Crippen LogP contribution in [0.25, 0.3) is 0 Å². The van der Waals surface area contributed by atoms with Gasteiger partial charge in [0.2, 0.25) is 5.91 Å². The molecular weight excluding hydrogens is 314 g/mol. The second-order valence-electron chi connectivity index (χ2n) is 4.10. The van der Waals surface area contributed by atoms with E-state index < -0.39 is 0 Å². The van der Waals surface area contributed by atoms with E-state index in [1.807, 2.05) is 12.1 Å². The van der Waals surface area contributed by atoms with E-state index >= 15 is 0 Å². The van der Waals surface area contributed by atoms with Crippen LogP contribution in [0.2, 0.25) is 4.34 Å². The summed E-state index contributed by atoms with van der Waals surface area (Å²) in [5, 5.41) is 11.8. The number of carbonyl (C=O) groups excluding carboxylic acids is 1. The van der Waals surface area contributed by atoms with Gasteiger partial charge in [0.25, 0.3) is 0 Å². The molecule has 1 aromatic heterocycles. The Morgan fingerprint density at radius 2 is 2.00 bits per heavy atom. The van der Waals surface area contributed by atoms with Gasteiger partial charge in [0.15, 0.2) is 0 Å². The zero-order valence-corrected chi connectivity index (χ0v) is 13.0. The Morgan fingerprint density at radius 1 is 1.25 bits per heavy atom. The van der Waals surface area contributed by atoms with Crippen LogP contribution in [0.5, 0.6) is 0 Å². The second kappa shape index (κ2) is 7.69. The van der Waals surface area contributed by atoms with Crippen molar-refractivity contribution in [3.63, 3.8) is 0 Å². The van der Waals surface area contributed by atoms with Crippen LogP contribution in [0.4, 0.5) is 5.69 Å². The van der Waals surface area contributed by atoms with Crippen molar-refractivity contribution >= 4 is 46.3 Å². The van der Waals surface area contributed by atoms with E-state index in [0.717, 1.165) is 21.3 Å². The SMILES string of the molecule is O=C(CSCc1ccc(Cl)s1)Nc1ccc(CO)cc1. The minimum absolute atomic E-state index is 0.00739. The number of amides is 1. The van der Waals surface area contributed by atoms with Crippen LogP contribution in [0.1, 0.15) is 10.4 Å².